The molecule has 2 rings (SSSR count). The van der Waals surface area contributed by atoms with Gasteiger partial charge in [0.15, 0.2) is 6.10 Å². The van der Waals surface area contributed by atoms with E-state index in [4.69, 9.17) is 4.74 Å². The molecule has 0 spiro atoms. The van der Waals surface area contributed by atoms with Gasteiger partial charge in [-0.2, -0.15) is 0 Å². The Bertz CT molecular complexity index is 664. The maximum atomic E-state index is 12.2. The molecule has 1 unspecified atom stereocenters. The SMILES string of the molecule is CCc1cccc(OC(C)C(=O)Nc2ccc(C)c(C)c2)c1. The molecule has 3 nitrogen and oxygen atoms in total. The molecular formula is C19H23NO2. The summed E-state index contributed by atoms with van der Waals surface area (Å²) >= 11 is 0. The first-order valence-electron chi connectivity index (χ1n) is 7.63. The minimum absolute atomic E-state index is 0.148. The van der Waals surface area contributed by atoms with E-state index in [2.05, 4.69) is 12.2 Å². The van der Waals surface area contributed by atoms with Gasteiger partial charge in [0.2, 0.25) is 0 Å². The van der Waals surface area contributed by atoms with Crippen LogP contribution in [0, 0.1) is 13.8 Å². The zero-order valence-electron chi connectivity index (χ0n) is 13.6. The Labute approximate surface area is 132 Å². The van der Waals surface area contributed by atoms with Gasteiger partial charge < -0.3 is 10.1 Å². The van der Waals surface area contributed by atoms with E-state index in [1.54, 1.807) is 6.92 Å². The van der Waals surface area contributed by atoms with Crippen LogP contribution in [0.15, 0.2) is 42.5 Å². The summed E-state index contributed by atoms with van der Waals surface area (Å²) < 4.78 is 5.73. The number of nitrogens with one attached hydrogen (secondary N) is 1. The average molecular weight is 297 g/mol. The Morgan fingerprint density at radius 1 is 1.14 bits per heavy atom. The van der Waals surface area contributed by atoms with Crippen molar-refractivity contribution < 1.29 is 9.53 Å². The summed E-state index contributed by atoms with van der Waals surface area (Å²) in [5, 5.41) is 2.89. The van der Waals surface area contributed by atoms with E-state index in [0.717, 1.165) is 23.4 Å². The van der Waals surface area contributed by atoms with Gasteiger partial charge in [0.05, 0.1) is 0 Å². The van der Waals surface area contributed by atoms with Crippen LogP contribution in [0.25, 0.3) is 0 Å². The second-order valence-corrected chi connectivity index (χ2v) is 5.55. The second kappa shape index (κ2) is 7.12. The Balaban J connectivity index is 2.00. The van der Waals surface area contributed by atoms with E-state index >= 15 is 0 Å². The van der Waals surface area contributed by atoms with E-state index in [1.807, 2.05) is 56.3 Å². The number of hydrogen-bond acceptors (Lipinski definition) is 2. The molecule has 0 saturated carbocycles. The van der Waals surface area contributed by atoms with E-state index < -0.39 is 6.10 Å². The number of hydrogen-bond donors (Lipinski definition) is 1. The normalized spacial score (nSPS) is 11.8. The smallest absolute Gasteiger partial charge is 0.265 e. The van der Waals surface area contributed by atoms with Crippen LogP contribution in [0.2, 0.25) is 0 Å². The van der Waals surface area contributed by atoms with Gasteiger partial charge in [-0.15, -0.1) is 0 Å². The predicted octanol–water partition coefficient (Wildman–Crippen LogP) is 4.27. The summed E-state index contributed by atoms with van der Waals surface area (Å²) in [6.45, 7) is 7.93. The predicted molar refractivity (Wildman–Crippen MR) is 90.5 cm³/mol. The van der Waals surface area contributed by atoms with Crippen molar-refractivity contribution in [1.82, 2.24) is 0 Å². The first-order chi connectivity index (χ1) is 10.5. The van der Waals surface area contributed by atoms with Crippen LogP contribution in [-0.4, -0.2) is 12.0 Å². The van der Waals surface area contributed by atoms with Crippen molar-refractivity contribution in [3.63, 3.8) is 0 Å². The summed E-state index contributed by atoms with van der Waals surface area (Å²) in [4.78, 5) is 12.2. The zero-order chi connectivity index (χ0) is 16.1. The lowest BCUT2D eigenvalue weighted by molar-refractivity contribution is -0.122. The highest BCUT2D eigenvalue weighted by Gasteiger charge is 2.15. The molecule has 3 heteroatoms. The molecule has 0 aromatic heterocycles. The summed E-state index contributed by atoms with van der Waals surface area (Å²) in [6.07, 6.45) is 0.397. The van der Waals surface area contributed by atoms with Crippen molar-refractivity contribution in [2.75, 3.05) is 5.32 Å². The Hall–Kier alpha value is -2.29. The van der Waals surface area contributed by atoms with Crippen molar-refractivity contribution in [2.45, 2.75) is 40.2 Å². The zero-order valence-corrected chi connectivity index (χ0v) is 13.6. The largest absolute Gasteiger partial charge is 0.481 e. The van der Waals surface area contributed by atoms with Gasteiger partial charge in [-0.1, -0.05) is 25.1 Å². The van der Waals surface area contributed by atoms with Gasteiger partial charge in [0, 0.05) is 5.69 Å². The molecule has 0 aliphatic carbocycles. The number of rotatable bonds is 5. The molecule has 0 aliphatic rings. The molecular weight excluding hydrogens is 274 g/mol. The molecule has 22 heavy (non-hydrogen) atoms. The van der Waals surface area contributed by atoms with E-state index in [-0.39, 0.29) is 5.91 Å². The fourth-order valence-corrected chi connectivity index (χ4v) is 2.16. The molecule has 0 bridgehead atoms. The van der Waals surface area contributed by atoms with Crippen LogP contribution >= 0.6 is 0 Å². The average Bonchev–Trinajstić information content (AvgIpc) is 2.51. The molecule has 1 N–H and O–H groups in total. The number of ether oxygens (including phenoxy) is 1. The molecule has 0 aliphatic heterocycles. The minimum atomic E-state index is -0.547. The Morgan fingerprint density at radius 2 is 1.91 bits per heavy atom. The summed E-state index contributed by atoms with van der Waals surface area (Å²) in [5.74, 6) is 0.576. The highest BCUT2D eigenvalue weighted by atomic mass is 16.5. The molecule has 1 atom stereocenters. The second-order valence-electron chi connectivity index (χ2n) is 5.55. The lowest BCUT2D eigenvalue weighted by Crippen LogP contribution is -2.30. The minimum Gasteiger partial charge on any atom is -0.481 e. The lowest BCUT2D eigenvalue weighted by atomic mass is 10.1. The number of aryl methyl sites for hydroxylation is 3. The number of benzene rings is 2. The maximum Gasteiger partial charge on any atom is 0.265 e. The highest BCUT2D eigenvalue weighted by molar-refractivity contribution is 5.94. The molecule has 116 valence electrons. The fourth-order valence-electron chi connectivity index (χ4n) is 2.16. The Kier molecular flexibility index (Phi) is 5.21. The third-order valence-corrected chi connectivity index (χ3v) is 3.76. The van der Waals surface area contributed by atoms with Crippen LogP contribution in [0.4, 0.5) is 5.69 Å². The molecule has 0 fully saturated rings. The van der Waals surface area contributed by atoms with Gasteiger partial charge in [-0.25, -0.2) is 0 Å². The standard InChI is InChI=1S/C19H23NO2/c1-5-16-7-6-8-18(12-16)22-15(4)19(21)20-17-10-9-13(2)14(3)11-17/h6-12,15H,5H2,1-4H3,(H,20,21). The first kappa shape index (κ1) is 16.1. The van der Waals surface area contributed by atoms with Crippen LogP contribution in [0.3, 0.4) is 0 Å². The summed E-state index contributed by atoms with van der Waals surface area (Å²) in [6, 6.07) is 13.7. The van der Waals surface area contributed by atoms with Crippen molar-refractivity contribution in [3.8, 4) is 5.75 Å². The van der Waals surface area contributed by atoms with Crippen molar-refractivity contribution in [3.05, 3.63) is 59.2 Å². The highest BCUT2D eigenvalue weighted by Crippen LogP contribution is 2.17. The summed E-state index contributed by atoms with van der Waals surface area (Å²) in [5.41, 5.74) is 4.35. The molecule has 0 heterocycles. The van der Waals surface area contributed by atoms with Crippen LogP contribution in [0.5, 0.6) is 5.75 Å². The fraction of sp³-hybridized carbons (Fsp3) is 0.316. The third-order valence-electron chi connectivity index (χ3n) is 3.76. The number of anilines is 1. The van der Waals surface area contributed by atoms with Crippen molar-refractivity contribution >= 4 is 11.6 Å². The first-order valence-corrected chi connectivity index (χ1v) is 7.63. The number of carbonyl (C=O) groups is 1. The molecule has 0 saturated heterocycles. The third kappa shape index (κ3) is 4.10. The lowest BCUT2D eigenvalue weighted by Gasteiger charge is -2.16. The van der Waals surface area contributed by atoms with Crippen LogP contribution in [-0.2, 0) is 11.2 Å². The number of amides is 1. The van der Waals surface area contributed by atoms with E-state index in [0.29, 0.717) is 0 Å². The molecule has 2 aromatic carbocycles. The van der Waals surface area contributed by atoms with Crippen molar-refractivity contribution in [1.29, 1.82) is 0 Å². The number of carbonyl (C=O) groups excluding carboxylic acids is 1. The van der Waals surface area contributed by atoms with E-state index in [1.165, 1.54) is 11.1 Å². The molecule has 2 aromatic rings. The quantitative estimate of drug-likeness (QED) is 0.895. The summed E-state index contributed by atoms with van der Waals surface area (Å²) in [7, 11) is 0. The van der Waals surface area contributed by atoms with Gasteiger partial charge in [0.1, 0.15) is 5.75 Å². The maximum absolute atomic E-state index is 12.2. The Morgan fingerprint density at radius 3 is 2.59 bits per heavy atom. The molecule has 1 amide bonds. The van der Waals surface area contributed by atoms with Gasteiger partial charge >= 0.3 is 0 Å². The van der Waals surface area contributed by atoms with Gasteiger partial charge in [0.25, 0.3) is 5.91 Å². The monoisotopic (exact) mass is 297 g/mol. The van der Waals surface area contributed by atoms with E-state index in [9.17, 15) is 4.79 Å². The van der Waals surface area contributed by atoms with Gasteiger partial charge in [-0.3, -0.25) is 4.79 Å². The van der Waals surface area contributed by atoms with Gasteiger partial charge in [-0.05, 0) is 68.1 Å². The van der Waals surface area contributed by atoms with Crippen molar-refractivity contribution in [2.24, 2.45) is 0 Å². The molecule has 0 radical (unpaired) electrons. The van der Waals surface area contributed by atoms with Crippen LogP contribution in [0.1, 0.15) is 30.5 Å². The topological polar surface area (TPSA) is 38.3 Å². The van der Waals surface area contributed by atoms with Crippen LogP contribution < -0.4 is 10.1 Å².